The van der Waals surface area contributed by atoms with Crippen molar-refractivity contribution >= 4 is 0 Å². The zero-order valence-corrected chi connectivity index (χ0v) is 10.4. The van der Waals surface area contributed by atoms with Gasteiger partial charge in [0.25, 0.3) is 0 Å². The molecule has 1 heterocycles. The van der Waals surface area contributed by atoms with E-state index in [0.29, 0.717) is 12.5 Å². The second-order valence-electron chi connectivity index (χ2n) is 4.51. The molecular formula is C11H22N4O. The molecule has 0 saturated heterocycles. The number of hydrogen-bond acceptors (Lipinski definition) is 4. The SMILES string of the molecule is COCC(N)CCc1ncnn1CC(C)C. The first-order valence-corrected chi connectivity index (χ1v) is 5.74. The maximum Gasteiger partial charge on any atom is 0.138 e. The van der Waals surface area contributed by atoms with E-state index in [9.17, 15) is 0 Å². The van der Waals surface area contributed by atoms with Crippen LogP contribution in [0.1, 0.15) is 26.1 Å². The lowest BCUT2D eigenvalue weighted by Crippen LogP contribution is -2.26. The van der Waals surface area contributed by atoms with Gasteiger partial charge in [0.2, 0.25) is 0 Å². The Balaban J connectivity index is 2.44. The summed E-state index contributed by atoms with van der Waals surface area (Å²) in [5.41, 5.74) is 5.87. The van der Waals surface area contributed by atoms with Crippen LogP contribution in [-0.2, 0) is 17.7 Å². The largest absolute Gasteiger partial charge is 0.383 e. The van der Waals surface area contributed by atoms with Gasteiger partial charge in [-0.3, -0.25) is 0 Å². The zero-order valence-electron chi connectivity index (χ0n) is 10.4. The van der Waals surface area contributed by atoms with Crippen molar-refractivity contribution in [3.05, 3.63) is 12.2 Å². The van der Waals surface area contributed by atoms with Crippen LogP contribution >= 0.6 is 0 Å². The molecule has 1 rings (SSSR count). The lowest BCUT2D eigenvalue weighted by atomic mass is 10.1. The van der Waals surface area contributed by atoms with Crippen molar-refractivity contribution < 1.29 is 4.74 Å². The van der Waals surface area contributed by atoms with E-state index in [1.807, 2.05) is 4.68 Å². The second kappa shape index (κ2) is 6.60. The summed E-state index contributed by atoms with van der Waals surface area (Å²) in [6.45, 7) is 5.84. The van der Waals surface area contributed by atoms with Gasteiger partial charge in [-0.25, -0.2) is 9.67 Å². The summed E-state index contributed by atoms with van der Waals surface area (Å²) >= 11 is 0. The Morgan fingerprint density at radius 3 is 2.88 bits per heavy atom. The van der Waals surface area contributed by atoms with Gasteiger partial charge >= 0.3 is 0 Å². The molecule has 16 heavy (non-hydrogen) atoms. The summed E-state index contributed by atoms with van der Waals surface area (Å²) in [6.07, 6.45) is 3.35. The number of nitrogens with zero attached hydrogens (tertiary/aromatic N) is 3. The molecule has 1 atom stereocenters. The van der Waals surface area contributed by atoms with Gasteiger partial charge in [-0.05, 0) is 12.3 Å². The van der Waals surface area contributed by atoms with Crippen LogP contribution in [0.25, 0.3) is 0 Å². The van der Waals surface area contributed by atoms with Gasteiger partial charge in [-0.1, -0.05) is 13.8 Å². The summed E-state index contributed by atoms with van der Waals surface area (Å²) in [4.78, 5) is 4.26. The summed E-state index contributed by atoms with van der Waals surface area (Å²) in [7, 11) is 1.67. The van der Waals surface area contributed by atoms with E-state index in [4.69, 9.17) is 10.5 Å². The third-order valence-corrected chi connectivity index (χ3v) is 2.35. The van der Waals surface area contributed by atoms with Crippen LogP contribution in [0.2, 0.25) is 0 Å². The molecular weight excluding hydrogens is 204 g/mol. The molecule has 0 aromatic carbocycles. The summed E-state index contributed by atoms with van der Waals surface area (Å²) in [6, 6.07) is 0.0780. The van der Waals surface area contributed by atoms with Crippen molar-refractivity contribution in [2.75, 3.05) is 13.7 Å². The first kappa shape index (κ1) is 13.1. The van der Waals surface area contributed by atoms with Crippen LogP contribution in [0.5, 0.6) is 0 Å². The smallest absolute Gasteiger partial charge is 0.138 e. The molecule has 0 saturated carbocycles. The van der Waals surface area contributed by atoms with Crippen LogP contribution in [0.15, 0.2) is 6.33 Å². The number of aromatic nitrogens is 3. The fraction of sp³-hybridized carbons (Fsp3) is 0.818. The number of ether oxygens (including phenoxy) is 1. The van der Waals surface area contributed by atoms with E-state index in [1.165, 1.54) is 0 Å². The standard InChI is InChI=1S/C11H22N4O/c1-9(2)6-15-11(13-8-14-15)5-4-10(12)7-16-3/h8-10H,4-7,12H2,1-3H3. The van der Waals surface area contributed by atoms with Crippen LogP contribution in [0, 0.1) is 5.92 Å². The number of rotatable bonds is 7. The Kier molecular flexibility index (Phi) is 5.42. The van der Waals surface area contributed by atoms with Crippen LogP contribution in [-0.4, -0.2) is 34.5 Å². The molecule has 0 radical (unpaired) electrons. The monoisotopic (exact) mass is 226 g/mol. The second-order valence-corrected chi connectivity index (χ2v) is 4.51. The highest BCUT2D eigenvalue weighted by atomic mass is 16.5. The topological polar surface area (TPSA) is 66.0 Å². The Labute approximate surface area is 97.0 Å². The number of methoxy groups -OCH3 is 1. The van der Waals surface area contributed by atoms with Crippen molar-refractivity contribution in [3.8, 4) is 0 Å². The highest BCUT2D eigenvalue weighted by molar-refractivity contribution is 4.86. The average molecular weight is 226 g/mol. The van der Waals surface area contributed by atoms with Gasteiger partial charge < -0.3 is 10.5 Å². The van der Waals surface area contributed by atoms with E-state index < -0.39 is 0 Å². The Hall–Kier alpha value is -0.940. The molecule has 0 aliphatic rings. The molecule has 1 aromatic rings. The molecule has 0 aliphatic heterocycles. The van der Waals surface area contributed by atoms with Crippen molar-refractivity contribution in [2.45, 2.75) is 39.3 Å². The number of aryl methyl sites for hydroxylation is 1. The predicted octanol–water partition coefficient (Wildman–Crippen LogP) is 0.840. The summed E-state index contributed by atoms with van der Waals surface area (Å²) < 4.78 is 6.96. The third-order valence-electron chi connectivity index (χ3n) is 2.35. The molecule has 0 bridgehead atoms. The van der Waals surface area contributed by atoms with E-state index in [-0.39, 0.29) is 6.04 Å². The summed E-state index contributed by atoms with van der Waals surface area (Å²) in [5.74, 6) is 1.59. The van der Waals surface area contributed by atoms with Gasteiger partial charge in [-0.15, -0.1) is 0 Å². The van der Waals surface area contributed by atoms with Gasteiger partial charge in [0.15, 0.2) is 0 Å². The molecule has 92 valence electrons. The van der Waals surface area contributed by atoms with Crippen LogP contribution in [0.3, 0.4) is 0 Å². The normalized spacial score (nSPS) is 13.3. The molecule has 0 amide bonds. The fourth-order valence-corrected chi connectivity index (χ4v) is 1.59. The number of nitrogens with two attached hydrogens (primary N) is 1. The third kappa shape index (κ3) is 4.28. The van der Waals surface area contributed by atoms with Gasteiger partial charge in [0.1, 0.15) is 12.2 Å². The Morgan fingerprint density at radius 2 is 2.25 bits per heavy atom. The highest BCUT2D eigenvalue weighted by Gasteiger charge is 2.08. The van der Waals surface area contributed by atoms with Crippen molar-refractivity contribution in [1.29, 1.82) is 0 Å². The zero-order chi connectivity index (χ0) is 12.0. The molecule has 0 aliphatic carbocycles. The first-order valence-electron chi connectivity index (χ1n) is 5.74. The first-order chi connectivity index (χ1) is 7.63. The summed E-state index contributed by atoms with van der Waals surface area (Å²) in [5, 5.41) is 4.21. The van der Waals surface area contributed by atoms with Gasteiger partial charge in [0.05, 0.1) is 6.61 Å². The van der Waals surface area contributed by atoms with Gasteiger partial charge in [-0.2, -0.15) is 5.10 Å². The fourth-order valence-electron chi connectivity index (χ4n) is 1.59. The quantitative estimate of drug-likeness (QED) is 0.748. The van der Waals surface area contributed by atoms with Crippen molar-refractivity contribution in [3.63, 3.8) is 0 Å². The predicted molar refractivity (Wildman–Crippen MR) is 63.0 cm³/mol. The van der Waals surface area contributed by atoms with Crippen LogP contribution in [0.4, 0.5) is 0 Å². The Bertz CT molecular complexity index is 298. The van der Waals surface area contributed by atoms with Crippen molar-refractivity contribution in [2.24, 2.45) is 11.7 Å². The molecule has 5 nitrogen and oxygen atoms in total. The highest BCUT2D eigenvalue weighted by Crippen LogP contribution is 2.04. The van der Waals surface area contributed by atoms with Crippen LogP contribution < -0.4 is 5.73 Å². The lowest BCUT2D eigenvalue weighted by Gasteiger charge is -2.11. The molecule has 5 heteroatoms. The molecule has 2 N–H and O–H groups in total. The maximum absolute atomic E-state index is 5.87. The minimum absolute atomic E-state index is 0.0780. The lowest BCUT2D eigenvalue weighted by molar-refractivity contribution is 0.176. The minimum Gasteiger partial charge on any atom is -0.383 e. The molecule has 0 fully saturated rings. The van der Waals surface area contributed by atoms with Gasteiger partial charge in [0, 0.05) is 26.1 Å². The van der Waals surface area contributed by atoms with E-state index in [0.717, 1.165) is 25.2 Å². The van der Waals surface area contributed by atoms with E-state index >= 15 is 0 Å². The Morgan fingerprint density at radius 1 is 1.50 bits per heavy atom. The maximum atomic E-state index is 5.87. The molecule has 1 unspecified atom stereocenters. The van der Waals surface area contributed by atoms with E-state index in [1.54, 1.807) is 13.4 Å². The number of hydrogen-bond donors (Lipinski definition) is 1. The van der Waals surface area contributed by atoms with E-state index in [2.05, 4.69) is 23.9 Å². The minimum atomic E-state index is 0.0780. The average Bonchev–Trinajstić information content (AvgIpc) is 2.62. The molecule has 1 aromatic heterocycles. The van der Waals surface area contributed by atoms with Crippen molar-refractivity contribution in [1.82, 2.24) is 14.8 Å². The molecule has 0 spiro atoms.